The Kier molecular flexibility index (Phi) is 4.11. The zero-order valence-electron chi connectivity index (χ0n) is 11.9. The summed E-state index contributed by atoms with van der Waals surface area (Å²) in [7, 11) is 2.86. The van der Waals surface area contributed by atoms with Crippen LogP contribution >= 0.6 is 0 Å². The summed E-state index contributed by atoms with van der Waals surface area (Å²) in [6.45, 7) is 1.75. The highest BCUT2D eigenvalue weighted by Crippen LogP contribution is 2.40. The van der Waals surface area contributed by atoms with Crippen LogP contribution in [0, 0.1) is 6.92 Å². The largest absolute Gasteiger partial charge is 0.497 e. The molecule has 0 aliphatic carbocycles. The molecule has 0 N–H and O–H groups in total. The molecule has 2 nitrogen and oxygen atoms in total. The lowest BCUT2D eigenvalue weighted by Gasteiger charge is -2.16. The molecule has 0 spiro atoms. The third kappa shape index (κ3) is 3.12. The van der Waals surface area contributed by atoms with Crippen molar-refractivity contribution in [3.05, 3.63) is 47.5 Å². The van der Waals surface area contributed by atoms with E-state index in [1.54, 1.807) is 25.1 Å². The Morgan fingerprint density at radius 1 is 0.810 bits per heavy atom. The zero-order chi connectivity index (χ0) is 15.6. The molecule has 0 unspecified atom stereocenters. The lowest BCUT2D eigenvalue weighted by atomic mass is 9.95. The van der Waals surface area contributed by atoms with E-state index < -0.39 is 11.7 Å². The third-order valence-electron chi connectivity index (χ3n) is 3.26. The molecule has 0 aliphatic rings. The molecule has 112 valence electrons. The Labute approximate surface area is 121 Å². The van der Waals surface area contributed by atoms with Gasteiger partial charge in [0.2, 0.25) is 0 Å². The van der Waals surface area contributed by atoms with Crippen molar-refractivity contribution in [2.45, 2.75) is 13.1 Å². The van der Waals surface area contributed by atoms with E-state index in [0.717, 1.165) is 6.07 Å². The predicted molar refractivity (Wildman–Crippen MR) is 74.7 cm³/mol. The van der Waals surface area contributed by atoms with E-state index in [1.807, 2.05) is 0 Å². The molecule has 0 saturated heterocycles. The smallest absolute Gasteiger partial charge is 0.417 e. The fourth-order valence-corrected chi connectivity index (χ4v) is 2.19. The Bertz CT molecular complexity index is 648. The van der Waals surface area contributed by atoms with E-state index in [4.69, 9.17) is 9.47 Å². The van der Waals surface area contributed by atoms with Crippen LogP contribution < -0.4 is 9.47 Å². The van der Waals surface area contributed by atoms with Gasteiger partial charge < -0.3 is 9.47 Å². The molecule has 0 aromatic heterocycles. The number of benzene rings is 2. The fourth-order valence-electron chi connectivity index (χ4n) is 2.19. The highest BCUT2D eigenvalue weighted by Gasteiger charge is 2.34. The number of hydrogen-bond acceptors (Lipinski definition) is 2. The van der Waals surface area contributed by atoms with Crippen LogP contribution in [0.1, 0.15) is 11.1 Å². The van der Waals surface area contributed by atoms with E-state index in [9.17, 15) is 13.2 Å². The second-order valence-corrected chi connectivity index (χ2v) is 4.59. The minimum Gasteiger partial charge on any atom is -0.497 e. The van der Waals surface area contributed by atoms with Gasteiger partial charge in [-0.25, -0.2) is 0 Å². The summed E-state index contributed by atoms with van der Waals surface area (Å²) >= 11 is 0. The normalized spacial score (nSPS) is 11.3. The first-order chi connectivity index (χ1) is 9.86. The molecular weight excluding hydrogens is 281 g/mol. The van der Waals surface area contributed by atoms with Gasteiger partial charge in [0.15, 0.2) is 0 Å². The van der Waals surface area contributed by atoms with Crippen LogP contribution in [0.5, 0.6) is 11.5 Å². The summed E-state index contributed by atoms with van der Waals surface area (Å²) in [5.41, 5.74) is 0.648. The van der Waals surface area contributed by atoms with E-state index in [0.29, 0.717) is 16.9 Å². The monoisotopic (exact) mass is 296 g/mol. The number of alkyl halides is 3. The summed E-state index contributed by atoms with van der Waals surface area (Å²) in [5, 5.41) is 0. The Balaban J connectivity index is 2.63. The maximum atomic E-state index is 13.2. The van der Waals surface area contributed by atoms with Gasteiger partial charge in [-0.3, -0.25) is 0 Å². The van der Waals surface area contributed by atoms with Gasteiger partial charge in [0.25, 0.3) is 0 Å². The van der Waals surface area contributed by atoms with E-state index >= 15 is 0 Å². The Morgan fingerprint density at radius 3 is 1.81 bits per heavy atom. The van der Waals surface area contributed by atoms with Crippen LogP contribution in [-0.4, -0.2) is 14.2 Å². The number of methoxy groups -OCH3 is 2. The summed E-state index contributed by atoms with van der Waals surface area (Å²) in [4.78, 5) is 0. The van der Waals surface area contributed by atoms with Crippen molar-refractivity contribution in [2.24, 2.45) is 0 Å². The average molecular weight is 296 g/mol. The van der Waals surface area contributed by atoms with Crippen LogP contribution in [0.15, 0.2) is 36.4 Å². The van der Waals surface area contributed by atoms with Gasteiger partial charge in [-0.1, -0.05) is 12.1 Å². The van der Waals surface area contributed by atoms with Gasteiger partial charge in [0, 0.05) is 0 Å². The van der Waals surface area contributed by atoms with Crippen molar-refractivity contribution in [2.75, 3.05) is 14.2 Å². The van der Waals surface area contributed by atoms with Crippen molar-refractivity contribution in [3.8, 4) is 22.6 Å². The number of halogens is 3. The van der Waals surface area contributed by atoms with Crippen LogP contribution in [-0.2, 0) is 6.18 Å². The maximum absolute atomic E-state index is 13.2. The van der Waals surface area contributed by atoms with Crippen molar-refractivity contribution in [1.29, 1.82) is 0 Å². The standard InChI is InChI=1S/C16H15F3O2/c1-10-8-11(20-2)4-6-13(10)14-7-5-12(21-3)9-15(14)16(17,18)19/h4-9H,1-3H3. The molecule has 0 saturated carbocycles. The minimum atomic E-state index is -4.45. The molecular formula is C16H15F3O2. The second kappa shape index (κ2) is 5.68. The van der Waals surface area contributed by atoms with Crippen LogP contribution in [0.3, 0.4) is 0 Å². The van der Waals surface area contributed by atoms with Crippen LogP contribution in [0.25, 0.3) is 11.1 Å². The highest BCUT2D eigenvalue weighted by atomic mass is 19.4. The molecule has 0 bridgehead atoms. The van der Waals surface area contributed by atoms with Gasteiger partial charge >= 0.3 is 6.18 Å². The molecule has 2 aromatic carbocycles. The third-order valence-corrected chi connectivity index (χ3v) is 3.26. The summed E-state index contributed by atoms with van der Waals surface area (Å²) < 4.78 is 49.7. The molecule has 0 atom stereocenters. The molecule has 0 fully saturated rings. The molecule has 5 heteroatoms. The maximum Gasteiger partial charge on any atom is 0.417 e. The van der Waals surface area contributed by atoms with Crippen molar-refractivity contribution in [3.63, 3.8) is 0 Å². The van der Waals surface area contributed by atoms with Crippen molar-refractivity contribution < 1.29 is 22.6 Å². The SMILES string of the molecule is COc1ccc(-c2ccc(OC)cc2C(F)(F)F)c(C)c1. The molecule has 0 heterocycles. The predicted octanol–water partition coefficient (Wildman–Crippen LogP) is 4.70. The molecule has 0 radical (unpaired) electrons. The second-order valence-electron chi connectivity index (χ2n) is 4.59. The van der Waals surface area contributed by atoms with E-state index in [-0.39, 0.29) is 11.3 Å². The number of hydrogen-bond donors (Lipinski definition) is 0. The topological polar surface area (TPSA) is 18.5 Å². The minimum absolute atomic E-state index is 0.128. The summed E-state index contributed by atoms with van der Waals surface area (Å²) in [6, 6.07) is 8.95. The van der Waals surface area contributed by atoms with E-state index in [1.165, 1.54) is 26.4 Å². The van der Waals surface area contributed by atoms with Gasteiger partial charge in [-0.2, -0.15) is 13.2 Å². The Hall–Kier alpha value is -2.17. The average Bonchev–Trinajstić information content (AvgIpc) is 2.45. The fraction of sp³-hybridized carbons (Fsp3) is 0.250. The quantitative estimate of drug-likeness (QED) is 0.817. The number of rotatable bonds is 3. The molecule has 0 amide bonds. The van der Waals surface area contributed by atoms with Gasteiger partial charge in [-0.15, -0.1) is 0 Å². The van der Waals surface area contributed by atoms with Gasteiger partial charge in [0.1, 0.15) is 11.5 Å². The van der Waals surface area contributed by atoms with Crippen LogP contribution in [0.4, 0.5) is 13.2 Å². The van der Waals surface area contributed by atoms with E-state index in [2.05, 4.69) is 0 Å². The molecule has 2 rings (SSSR count). The Morgan fingerprint density at radius 2 is 1.33 bits per heavy atom. The van der Waals surface area contributed by atoms with Gasteiger partial charge in [-0.05, 0) is 47.9 Å². The molecule has 0 aliphatic heterocycles. The lowest BCUT2D eigenvalue weighted by Crippen LogP contribution is -2.08. The first-order valence-corrected chi connectivity index (χ1v) is 6.27. The highest BCUT2D eigenvalue weighted by molar-refractivity contribution is 5.72. The first kappa shape index (κ1) is 15.2. The summed E-state index contributed by atoms with van der Waals surface area (Å²) in [5.74, 6) is 0.788. The first-order valence-electron chi connectivity index (χ1n) is 6.27. The number of ether oxygens (including phenoxy) is 2. The summed E-state index contributed by atoms with van der Waals surface area (Å²) in [6.07, 6.45) is -4.45. The van der Waals surface area contributed by atoms with Crippen molar-refractivity contribution >= 4 is 0 Å². The molecule has 2 aromatic rings. The van der Waals surface area contributed by atoms with Gasteiger partial charge in [0.05, 0.1) is 19.8 Å². The molecule has 21 heavy (non-hydrogen) atoms. The van der Waals surface area contributed by atoms with Crippen molar-refractivity contribution in [1.82, 2.24) is 0 Å². The van der Waals surface area contributed by atoms with Crippen LogP contribution in [0.2, 0.25) is 0 Å². The lowest BCUT2D eigenvalue weighted by molar-refractivity contribution is -0.137. The number of aryl methyl sites for hydroxylation is 1. The zero-order valence-corrected chi connectivity index (χ0v) is 11.9.